The number of nitrogens with one attached hydrogen (secondary N) is 1. The van der Waals surface area contributed by atoms with Gasteiger partial charge in [0, 0.05) is 16.6 Å². The Balaban J connectivity index is 2.06. The van der Waals surface area contributed by atoms with E-state index >= 15 is 0 Å². The summed E-state index contributed by atoms with van der Waals surface area (Å²) in [6, 6.07) is 12.4. The van der Waals surface area contributed by atoms with Crippen LogP contribution in [0, 0.1) is 0 Å². The summed E-state index contributed by atoms with van der Waals surface area (Å²) in [5.41, 5.74) is 1.33. The largest absolute Gasteiger partial charge is 0.493 e. The highest BCUT2D eigenvalue weighted by Gasteiger charge is 2.12. The molecule has 3 nitrogen and oxygen atoms in total. The first-order valence-corrected chi connectivity index (χ1v) is 7.81. The Bertz CT molecular complexity index is 659. The van der Waals surface area contributed by atoms with Gasteiger partial charge in [0.05, 0.1) is 12.2 Å². The van der Waals surface area contributed by atoms with Gasteiger partial charge in [0.15, 0.2) is 0 Å². The summed E-state index contributed by atoms with van der Waals surface area (Å²) < 4.78 is 5.59. The zero-order valence-corrected chi connectivity index (χ0v) is 13.7. The lowest BCUT2D eigenvalue weighted by Gasteiger charge is -2.11. The van der Waals surface area contributed by atoms with E-state index in [9.17, 15) is 4.79 Å². The van der Waals surface area contributed by atoms with Crippen molar-refractivity contribution in [1.29, 1.82) is 0 Å². The molecular formula is C17H17Cl2NO2. The first kappa shape index (κ1) is 16.7. The zero-order chi connectivity index (χ0) is 15.9. The Morgan fingerprint density at radius 2 is 1.95 bits per heavy atom. The number of benzene rings is 2. The minimum Gasteiger partial charge on any atom is -0.493 e. The second-order valence-electron chi connectivity index (χ2n) is 4.76. The van der Waals surface area contributed by atoms with E-state index < -0.39 is 0 Å². The zero-order valence-electron chi connectivity index (χ0n) is 12.2. The van der Waals surface area contributed by atoms with Gasteiger partial charge in [-0.2, -0.15) is 0 Å². The molecule has 0 spiro atoms. The number of amides is 1. The van der Waals surface area contributed by atoms with Crippen molar-refractivity contribution in [2.45, 2.75) is 19.9 Å². The topological polar surface area (TPSA) is 38.3 Å². The maximum atomic E-state index is 12.3. The smallest absolute Gasteiger partial charge is 0.255 e. The molecule has 22 heavy (non-hydrogen) atoms. The molecule has 0 saturated heterocycles. The molecule has 2 aromatic carbocycles. The summed E-state index contributed by atoms with van der Waals surface area (Å²) in [7, 11) is 0. The van der Waals surface area contributed by atoms with E-state index in [4.69, 9.17) is 27.9 Å². The Morgan fingerprint density at radius 1 is 1.18 bits per heavy atom. The van der Waals surface area contributed by atoms with E-state index in [1.165, 1.54) is 0 Å². The van der Waals surface area contributed by atoms with Crippen molar-refractivity contribution in [3.05, 3.63) is 63.6 Å². The molecule has 2 aromatic rings. The van der Waals surface area contributed by atoms with Crippen molar-refractivity contribution in [3.63, 3.8) is 0 Å². The van der Waals surface area contributed by atoms with Crippen LogP contribution >= 0.6 is 23.2 Å². The number of carbonyl (C=O) groups excluding carboxylic acids is 1. The number of para-hydroxylation sites is 1. The van der Waals surface area contributed by atoms with Gasteiger partial charge in [-0.15, -0.1) is 0 Å². The van der Waals surface area contributed by atoms with Crippen LogP contribution in [0.15, 0.2) is 42.5 Å². The van der Waals surface area contributed by atoms with E-state index in [1.54, 1.807) is 30.3 Å². The Labute approximate surface area is 140 Å². The highest BCUT2D eigenvalue weighted by molar-refractivity contribution is 6.35. The third-order valence-electron chi connectivity index (χ3n) is 3.05. The number of ether oxygens (including phenoxy) is 1. The van der Waals surface area contributed by atoms with Crippen LogP contribution < -0.4 is 10.1 Å². The molecule has 2 rings (SSSR count). The van der Waals surface area contributed by atoms with Gasteiger partial charge in [0.1, 0.15) is 5.75 Å². The van der Waals surface area contributed by atoms with Crippen LogP contribution in [-0.4, -0.2) is 12.5 Å². The normalized spacial score (nSPS) is 10.3. The van der Waals surface area contributed by atoms with Crippen LogP contribution in [0.25, 0.3) is 0 Å². The SMILES string of the molecule is CCCOc1ccccc1C(=O)NCc1ccc(Cl)cc1Cl. The summed E-state index contributed by atoms with van der Waals surface area (Å²) in [6.07, 6.45) is 0.885. The van der Waals surface area contributed by atoms with Crippen LogP contribution in [0.4, 0.5) is 0 Å². The molecule has 0 aliphatic heterocycles. The van der Waals surface area contributed by atoms with E-state index in [0.717, 1.165) is 12.0 Å². The first-order valence-electron chi connectivity index (χ1n) is 7.05. The fourth-order valence-corrected chi connectivity index (χ4v) is 2.40. The molecule has 1 N–H and O–H groups in total. The third kappa shape index (κ3) is 4.39. The molecule has 0 fully saturated rings. The van der Waals surface area contributed by atoms with Crippen LogP contribution in [-0.2, 0) is 6.54 Å². The molecule has 0 radical (unpaired) electrons. The van der Waals surface area contributed by atoms with Crippen molar-refractivity contribution in [2.24, 2.45) is 0 Å². The van der Waals surface area contributed by atoms with E-state index in [2.05, 4.69) is 5.32 Å². The van der Waals surface area contributed by atoms with Crippen molar-refractivity contribution in [2.75, 3.05) is 6.61 Å². The molecule has 0 heterocycles. The van der Waals surface area contributed by atoms with Crippen molar-refractivity contribution < 1.29 is 9.53 Å². The highest BCUT2D eigenvalue weighted by atomic mass is 35.5. The maximum Gasteiger partial charge on any atom is 0.255 e. The minimum atomic E-state index is -0.197. The van der Waals surface area contributed by atoms with Gasteiger partial charge in [-0.05, 0) is 36.2 Å². The number of hydrogen-bond donors (Lipinski definition) is 1. The summed E-state index contributed by atoms with van der Waals surface area (Å²) in [4.78, 5) is 12.3. The van der Waals surface area contributed by atoms with Crippen LogP contribution in [0.5, 0.6) is 5.75 Å². The van der Waals surface area contributed by atoms with Crippen molar-refractivity contribution in [3.8, 4) is 5.75 Å². The number of rotatable bonds is 6. The Hall–Kier alpha value is -1.71. The molecule has 0 aromatic heterocycles. The van der Waals surface area contributed by atoms with Gasteiger partial charge >= 0.3 is 0 Å². The van der Waals surface area contributed by atoms with Crippen LogP contribution in [0.2, 0.25) is 10.0 Å². The monoisotopic (exact) mass is 337 g/mol. The second-order valence-corrected chi connectivity index (χ2v) is 5.61. The third-order valence-corrected chi connectivity index (χ3v) is 3.63. The second kappa shape index (κ2) is 8.06. The van der Waals surface area contributed by atoms with Gasteiger partial charge in [0.25, 0.3) is 5.91 Å². The predicted molar refractivity (Wildman–Crippen MR) is 89.9 cm³/mol. The average molecular weight is 338 g/mol. The summed E-state index contributed by atoms with van der Waals surface area (Å²) in [5, 5.41) is 3.94. The molecule has 116 valence electrons. The quantitative estimate of drug-likeness (QED) is 0.828. The Morgan fingerprint density at radius 3 is 2.68 bits per heavy atom. The first-order chi connectivity index (χ1) is 10.6. The summed E-state index contributed by atoms with van der Waals surface area (Å²) >= 11 is 12.0. The predicted octanol–water partition coefficient (Wildman–Crippen LogP) is 4.71. The van der Waals surface area contributed by atoms with E-state index in [1.807, 2.05) is 19.1 Å². The average Bonchev–Trinajstić information content (AvgIpc) is 2.52. The maximum absolute atomic E-state index is 12.3. The molecule has 0 saturated carbocycles. The number of carbonyl (C=O) groups is 1. The lowest BCUT2D eigenvalue weighted by molar-refractivity contribution is 0.0947. The van der Waals surface area contributed by atoms with E-state index in [-0.39, 0.29) is 5.91 Å². The van der Waals surface area contributed by atoms with Gasteiger partial charge in [-0.1, -0.05) is 48.3 Å². The molecule has 1 amide bonds. The fourth-order valence-electron chi connectivity index (χ4n) is 1.93. The minimum absolute atomic E-state index is 0.197. The molecule has 0 atom stereocenters. The van der Waals surface area contributed by atoms with Crippen LogP contribution in [0.3, 0.4) is 0 Å². The summed E-state index contributed by atoms with van der Waals surface area (Å²) in [6.45, 7) is 2.93. The van der Waals surface area contributed by atoms with Gasteiger partial charge < -0.3 is 10.1 Å². The molecule has 5 heteroatoms. The van der Waals surface area contributed by atoms with Crippen LogP contribution in [0.1, 0.15) is 29.3 Å². The van der Waals surface area contributed by atoms with Gasteiger partial charge in [0.2, 0.25) is 0 Å². The lowest BCUT2D eigenvalue weighted by Crippen LogP contribution is -2.23. The molecule has 0 unspecified atom stereocenters. The summed E-state index contributed by atoms with van der Waals surface area (Å²) in [5.74, 6) is 0.391. The van der Waals surface area contributed by atoms with Gasteiger partial charge in [-0.25, -0.2) is 0 Å². The molecule has 0 aliphatic rings. The molecule has 0 bridgehead atoms. The van der Waals surface area contributed by atoms with E-state index in [0.29, 0.717) is 34.5 Å². The Kier molecular flexibility index (Phi) is 6.10. The molecular weight excluding hydrogens is 321 g/mol. The van der Waals surface area contributed by atoms with Gasteiger partial charge in [-0.3, -0.25) is 4.79 Å². The van der Waals surface area contributed by atoms with Crippen molar-refractivity contribution in [1.82, 2.24) is 5.32 Å². The standard InChI is InChI=1S/C17H17Cl2NO2/c1-2-9-22-16-6-4-3-5-14(16)17(21)20-11-12-7-8-13(18)10-15(12)19/h3-8,10H,2,9,11H2,1H3,(H,20,21). The highest BCUT2D eigenvalue weighted by Crippen LogP contribution is 2.22. The number of halogens is 2. The molecule has 0 aliphatic carbocycles. The number of hydrogen-bond acceptors (Lipinski definition) is 2. The van der Waals surface area contributed by atoms with Crippen molar-refractivity contribution >= 4 is 29.1 Å². The fraction of sp³-hybridized carbons (Fsp3) is 0.235. The lowest BCUT2D eigenvalue weighted by atomic mass is 10.1.